The van der Waals surface area contributed by atoms with Crippen LogP contribution in [0.3, 0.4) is 0 Å². The van der Waals surface area contributed by atoms with Gasteiger partial charge < -0.3 is 26.2 Å². The lowest BCUT2D eigenvalue weighted by Crippen LogP contribution is -2.40. The van der Waals surface area contributed by atoms with Crippen molar-refractivity contribution in [3.63, 3.8) is 0 Å². The predicted octanol–water partition coefficient (Wildman–Crippen LogP) is 1.93. The van der Waals surface area contributed by atoms with Gasteiger partial charge in [-0.15, -0.1) is 0 Å². The molecule has 0 saturated carbocycles. The number of nitrogens with zero attached hydrogens (tertiary/aromatic N) is 4. The summed E-state index contributed by atoms with van der Waals surface area (Å²) in [7, 11) is 0. The van der Waals surface area contributed by atoms with Crippen molar-refractivity contribution < 1.29 is 24.0 Å². The van der Waals surface area contributed by atoms with Gasteiger partial charge in [0.1, 0.15) is 24.0 Å². The largest absolute Gasteiger partial charge is 0.484 e. The molecular weight excluding hydrogens is 577 g/mol. The minimum absolute atomic E-state index is 0.0285. The first-order valence-corrected chi connectivity index (χ1v) is 16.7. The van der Waals surface area contributed by atoms with Crippen LogP contribution in [0.5, 0.6) is 5.75 Å². The molecule has 0 atom stereocenters. The molecule has 42 heavy (non-hydrogen) atoms. The monoisotopic (exact) mass is 612 g/mol. The van der Waals surface area contributed by atoms with E-state index in [1.54, 1.807) is 6.07 Å². The lowest BCUT2D eigenvalue weighted by molar-refractivity contribution is -0.676. The lowest BCUT2D eigenvalue weighted by atomic mass is 10.2. The van der Waals surface area contributed by atoms with Crippen molar-refractivity contribution in [2.75, 3.05) is 32.3 Å². The van der Waals surface area contributed by atoms with E-state index in [0.29, 0.717) is 18.8 Å². The molecule has 0 fully saturated rings. The average Bonchev–Trinajstić information content (AvgIpc) is 3.26. The number of hydrogen-bond acceptors (Lipinski definition) is 7. The fourth-order valence-electron chi connectivity index (χ4n) is 4.56. The number of aryl methyl sites for hydroxylation is 1. The molecule has 2 heterocycles. The quantitative estimate of drug-likeness (QED) is 0.141. The van der Waals surface area contributed by atoms with Crippen molar-refractivity contribution in [2.24, 2.45) is 0 Å². The maximum Gasteiger partial charge on any atom is 0.277 e. The first kappa shape index (κ1) is 31.0. The molecule has 0 radical (unpaired) electrons. The highest BCUT2D eigenvalue weighted by Crippen LogP contribution is 2.33. The Hall–Kier alpha value is -3.92. The van der Waals surface area contributed by atoms with E-state index in [4.69, 9.17) is 22.1 Å². The smallest absolute Gasteiger partial charge is 0.277 e. The van der Waals surface area contributed by atoms with Crippen LogP contribution in [0.2, 0.25) is 5.15 Å². The second-order valence-corrected chi connectivity index (χ2v) is 14.5. The molecule has 0 aliphatic heterocycles. The van der Waals surface area contributed by atoms with E-state index in [-0.39, 0.29) is 48.9 Å². The molecule has 2 amide bonds. The number of nitrogen functional groups attached to an aromatic ring is 1. The number of aliphatic hydroxyl groups is 1. The summed E-state index contributed by atoms with van der Waals surface area (Å²) in [5.41, 5.74) is 8.41. The number of benzene rings is 2. The molecule has 222 valence electrons. The molecule has 0 spiro atoms. The number of imidazole rings is 1. The third-order valence-corrected chi connectivity index (χ3v) is 8.56. The third kappa shape index (κ3) is 7.28. The number of ether oxygens (including phenoxy) is 1. The highest BCUT2D eigenvalue weighted by Gasteiger charge is 2.26. The summed E-state index contributed by atoms with van der Waals surface area (Å²) in [4.78, 5) is 33.2. The number of aromatic nitrogens is 4. The third-order valence-electron chi connectivity index (χ3n) is 6.68. The standard InChI is InChI=1S/C29H35ClN7O4P/c1-5-36-22-11-8-20(41-18-25(39)32-15-19-6-9-21(10-7-19)42(2,3)4)14-23(22)37(12-13-38)26(36)17-34-29(40)27-28(31)33-16-24(30)35-27/h6-11,14,16,38H,2,5,12-13,15,17-18H2,1,3-4H3,(H3-,31,32,33,34,39,40)/p+1. The predicted molar refractivity (Wildman–Crippen MR) is 167 cm³/mol. The van der Waals surface area contributed by atoms with Crippen molar-refractivity contribution >= 4 is 58.8 Å². The summed E-state index contributed by atoms with van der Waals surface area (Å²) in [6.45, 7) is 6.12. The number of aliphatic hydroxyl groups excluding tert-OH is 1. The van der Waals surface area contributed by atoms with Gasteiger partial charge in [0.25, 0.3) is 17.6 Å². The number of halogens is 1. The summed E-state index contributed by atoms with van der Waals surface area (Å²) >= 11 is 5.89. The van der Waals surface area contributed by atoms with Gasteiger partial charge in [0.05, 0.1) is 19.3 Å². The van der Waals surface area contributed by atoms with E-state index in [9.17, 15) is 14.7 Å². The van der Waals surface area contributed by atoms with Crippen molar-refractivity contribution in [3.05, 3.63) is 70.9 Å². The highest BCUT2D eigenvalue weighted by atomic mass is 35.5. The molecule has 5 N–H and O–H groups in total. The molecule has 13 heteroatoms. The van der Waals surface area contributed by atoms with Crippen LogP contribution < -0.4 is 31.0 Å². The Kier molecular flexibility index (Phi) is 9.88. The molecule has 2 aromatic heterocycles. The number of hydrogen-bond donors (Lipinski definition) is 4. The van der Waals surface area contributed by atoms with E-state index in [2.05, 4.69) is 52.4 Å². The Morgan fingerprint density at radius 3 is 2.57 bits per heavy atom. The number of nitrogens with one attached hydrogen (secondary N) is 2. The van der Waals surface area contributed by atoms with Crippen molar-refractivity contribution in [1.82, 2.24) is 25.2 Å². The van der Waals surface area contributed by atoms with Crippen LogP contribution in [0.25, 0.3) is 11.0 Å². The first-order chi connectivity index (χ1) is 20.0. The normalized spacial score (nSPS) is 11.5. The Morgan fingerprint density at radius 2 is 1.90 bits per heavy atom. The number of nitrogens with two attached hydrogens (primary N) is 1. The molecule has 0 aliphatic carbocycles. The Labute approximate surface area is 249 Å². The number of amides is 2. The van der Waals surface area contributed by atoms with Gasteiger partial charge in [-0.1, -0.05) is 49.1 Å². The molecule has 0 bridgehead atoms. The number of anilines is 1. The minimum atomic E-state index is -1.33. The number of carbonyl (C=O) groups excluding carboxylic acids is 2. The Balaban J connectivity index is 1.46. The van der Waals surface area contributed by atoms with E-state index in [1.807, 2.05) is 40.3 Å². The van der Waals surface area contributed by atoms with Crippen LogP contribution >= 0.6 is 18.5 Å². The summed E-state index contributed by atoms with van der Waals surface area (Å²) < 4.78 is 9.74. The SMILES string of the molecule is C=P(C)(C)c1ccc(CNC(=O)COc2ccc3c(c2)n(CCO)c(CNC(=O)c2nc(Cl)cnc2N)[n+]3CC)cc1. The van der Waals surface area contributed by atoms with Gasteiger partial charge in [-0.3, -0.25) is 9.59 Å². The fourth-order valence-corrected chi connectivity index (χ4v) is 5.65. The zero-order chi connectivity index (χ0) is 30.4. The van der Waals surface area contributed by atoms with Gasteiger partial charge in [-0.2, -0.15) is 0 Å². The summed E-state index contributed by atoms with van der Waals surface area (Å²) in [6, 6.07) is 13.6. The van der Waals surface area contributed by atoms with Gasteiger partial charge in [0.15, 0.2) is 29.2 Å². The van der Waals surface area contributed by atoms with Crippen LogP contribution in [0, 0.1) is 0 Å². The zero-order valence-corrected chi connectivity index (χ0v) is 25.6. The van der Waals surface area contributed by atoms with Gasteiger partial charge >= 0.3 is 0 Å². The number of fused-ring (bicyclic) bond motifs is 1. The van der Waals surface area contributed by atoms with Crippen molar-refractivity contribution in [3.8, 4) is 5.75 Å². The Bertz CT molecular complexity index is 1650. The van der Waals surface area contributed by atoms with Crippen LogP contribution in [0.4, 0.5) is 5.82 Å². The maximum absolute atomic E-state index is 12.8. The van der Waals surface area contributed by atoms with E-state index in [0.717, 1.165) is 22.4 Å². The molecular formula is C29H36ClN7O4P+. The van der Waals surface area contributed by atoms with E-state index >= 15 is 0 Å². The van der Waals surface area contributed by atoms with Crippen LogP contribution in [0.1, 0.15) is 28.8 Å². The van der Waals surface area contributed by atoms with E-state index in [1.165, 1.54) is 11.5 Å². The molecule has 4 rings (SSSR count). The van der Waals surface area contributed by atoms with Gasteiger partial charge in [0.2, 0.25) is 0 Å². The van der Waals surface area contributed by atoms with Crippen LogP contribution in [0.15, 0.2) is 48.7 Å². The van der Waals surface area contributed by atoms with E-state index < -0.39 is 12.8 Å². The van der Waals surface area contributed by atoms with Gasteiger partial charge in [0, 0.05) is 12.6 Å². The van der Waals surface area contributed by atoms with Crippen molar-refractivity contribution in [2.45, 2.75) is 33.1 Å². The molecule has 0 unspecified atom stereocenters. The van der Waals surface area contributed by atoms with Crippen molar-refractivity contribution in [1.29, 1.82) is 0 Å². The lowest BCUT2D eigenvalue weighted by Gasteiger charge is -2.13. The number of rotatable bonds is 12. The van der Waals surface area contributed by atoms with Crippen LogP contribution in [-0.4, -0.2) is 64.3 Å². The maximum atomic E-state index is 12.8. The summed E-state index contributed by atoms with van der Waals surface area (Å²) in [6.07, 6.45) is 5.53. The molecule has 4 aromatic rings. The highest BCUT2D eigenvalue weighted by molar-refractivity contribution is 7.79. The second-order valence-electron chi connectivity index (χ2n) is 10.2. The summed E-state index contributed by atoms with van der Waals surface area (Å²) in [5, 5.41) is 16.8. The average molecular weight is 613 g/mol. The fraction of sp³-hybridized carbons (Fsp3) is 0.310. The molecule has 0 aliphatic rings. The zero-order valence-electron chi connectivity index (χ0n) is 23.9. The molecule has 0 saturated heterocycles. The summed E-state index contributed by atoms with van der Waals surface area (Å²) in [5.74, 6) is 0.448. The number of carbonyl (C=O) groups is 2. The van der Waals surface area contributed by atoms with Crippen LogP contribution in [-0.2, 0) is 31.0 Å². The first-order valence-electron chi connectivity index (χ1n) is 13.4. The minimum Gasteiger partial charge on any atom is -0.484 e. The molecule has 11 nitrogen and oxygen atoms in total. The molecule has 2 aromatic carbocycles. The topological polar surface area (TPSA) is 148 Å². The second kappa shape index (κ2) is 13.4. The van der Waals surface area contributed by atoms with Gasteiger partial charge in [-0.05, 0) is 43.3 Å². The Morgan fingerprint density at radius 1 is 1.17 bits per heavy atom. The van der Waals surface area contributed by atoms with Gasteiger partial charge in [-0.25, -0.2) is 19.1 Å².